The Hall–Kier alpha value is -3.18. The number of pyridine rings is 1. The first-order valence-electron chi connectivity index (χ1n) is 11.5. The van der Waals surface area contributed by atoms with Crippen molar-refractivity contribution in [2.75, 3.05) is 42.5 Å². The minimum atomic E-state index is -3.04. The standard InChI is InChI=1S/C24H28F3N5O3/c1-16-12-18(32-15-19(35-24(32)34)5-6-21(33)23(26)27)13-20(25)22(16)30-9-8-29-31(11-10-30)14-17-4-2-3-7-28-17/h2-4,7,12-13,19,23,29H,5-6,8-11,14-15H2,1H3/t19-/m0/s1. The van der Waals surface area contributed by atoms with Gasteiger partial charge in [-0.2, -0.15) is 0 Å². The number of Topliss-reactive ketones (excluding diaryl/α,β-unsaturated/α-hetero) is 1. The van der Waals surface area contributed by atoms with E-state index in [2.05, 4.69) is 15.4 Å². The van der Waals surface area contributed by atoms with Gasteiger partial charge in [-0.25, -0.2) is 23.0 Å². The highest BCUT2D eigenvalue weighted by atomic mass is 19.3. The van der Waals surface area contributed by atoms with Crippen LogP contribution in [0.15, 0.2) is 36.5 Å². The van der Waals surface area contributed by atoms with Crippen LogP contribution in [0.4, 0.5) is 29.3 Å². The normalized spacial score (nSPS) is 19.2. The Balaban J connectivity index is 1.40. The van der Waals surface area contributed by atoms with E-state index in [4.69, 9.17) is 4.74 Å². The summed E-state index contributed by atoms with van der Waals surface area (Å²) in [5.74, 6) is -1.64. The number of nitrogens with zero attached hydrogens (tertiary/aromatic N) is 4. The summed E-state index contributed by atoms with van der Waals surface area (Å²) in [5.41, 5.74) is 5.77. The summed E-state index contributed by atoms with van der Waals surface area (Å²) in [6, 6.07) is 8.77. The molecule has 8 nitrogen and oxygen atoms in total. The number of rotatable bonds is 8. The van der Waals surface area contributed by atoms with E-state index in [0.717, 1.165) is 5.69 Å². The maximum absolute atomic E-state index is 15.3. The predicted molar refractivity (Wildman–Crippen MR) is 124 cm³/mol. The molecule has 0 spiro atoms. The lowest BCUT2D eigenvalue weighted by Crippen LogP contribution is -2.38. The molecule has 4 rings (SSSR count). The number of ketones is 1. The molecule has 1 aromatic carbocycles. The second-order valence-corrected chi connectivity index (χ2v) is 8.65. The molecule has 2 aromatic rings. The van der Waals surface area contributed by atoms with Gasteiger partial charge >= 0.3 is 6.09 Å². The summed E-state index contributed by atoms with van der Waals surface area (Å²) in [5, 5.41) is 2.06. The number of hydrogen-bond donors (Lipinski definition) is 1. The smallest absolute Gasteiger partial charge is 0.414 e. The van der Waals surface area contributed by atoms with Gasteiger partial charge in [0.15, 0.2) is 5.78 Å². The third-order valence-corrected chi connectivity index (χ3v) is 6.13. The van der Waals surface area contributed by atoms with E-state index in [9.17, 15) is 18.4 Å². The molecule has 1 atom stereocenters. The molecule has 11 heteroatoms. The van der Waals surface area contributed by atoms with E-state index in [1.165, 1.54) is 11.0 Å². The van der Waals surface area contributed by atoms with E-state index < -0.39 is 30.2 Å². The van der Waals surface area contributed by atoms with E-state index in [-0.39, 0.29) is 19.4 Å². The summed E-state index contributed by atoms with van der Waals surface area (Å²) >= 11 is 0. The quantitative estimate of drug-likeness (QED) is 0.607. The Morgan fingerprint density at radius 3 is 2.80 bits per heavy atom. The second kappa shape index (κ2) is 11.0. The average Bonchev–Trinajstić information content (AvgIpc) is 3.05. The number of aryl methyl sites for hydroxylation is 1. The van der Waals surface area contributed by atoms with Crippen molar-refractivity contribution in [1.82, 2.24) is 15.4 Å². The zero-order chi connectivity index (χ0) is 24.9. The zero-order valence-corrected chi connectivity index (χ0v) is 19.4. The lowest BCUT2D eigenvalue weighted by molar-refractivity contribution is -0.129. The van der Waals surface area contributed by atoms with Crippen molar-refractivity contribution < 1.29 is 27.5 Å². The summed E-state index contributed by atoms with van der Waals surface area (Å²) in [7, 11) is 0. The molecule has 188 valence electrons. The van der Waals surface area contributed by atoms with Crippen molar-refractivity contribution in [3.8, 4) is 0 Å². The van der Waals surface area contributed by atoms with Gasteiger partial charge in [-0.3, -0.25) is 20.1 Å². The number of benzene rings is 1. The van der Waals surface area contributed by atoms with Gasteiger partial charge < -0.3 is 9.64 Å². The lowest BCUT2D eigenvalue weighted by Gasteiger charge is -2.26. The number of nitrogens with one attached hydrogen (secondary N) is 1. The number of carbonyl (C=O) groups excluding carboxylic acids is 2. The molecule has 0 bridgehead atoms. The summed E-state index contributed by atoms with van der Waals surface area (Å²) in [6.07, 6.45) is -3.05. The van der Waals surface area contributed by atoms with Crippen LogP contribution in [-0.4, -0.2) is 67.1 Å². The van der Waals surface area contributed by atoms with Crippen LogP contribution in [0.1, 0.15) is 24.1 Å². The third-order valence-electron chi connectivity index (χ3n) is 6.13. The fraction of sp³-hybridized carbons (Fsp3) is 0.458. The molecule has 3 heterocycles. The molecule has 2 saturated heterocycles. The fourth-order valence-electron chi connectivity index (χ4n) is 4.39. The maximum Gasteiger partial charge on any atom is 0.414 e. The fourth-order valence-corrected chi connectivity index (χ4v) is 4.39. The molecular formula is C24H28F3N5O3. The second-order valence-electron chi connectivity index (χ2n) is 8.65. The number of anilines is 2. The average molecular weight is 492 g/mol. The van der Waals surface area contributed by atoms with Crippen molar-refractivity contribution >= 4 is 23.3 Å². The molecule has 1 aromatic heterocycles. The SMILES string of the molecule is Cc1cc(N2C[C@H](CCC(=O)C(F)F)OC2=O)cc(F)c1N1CCNN(Cc2ccccn2)CC1. The van der Waals surface area contributed by atoms with Crippen LogP contribution < -0.4 is 15.2 Å². The van der Waals surface area contributed by atoms with E-state index in [1.54, 1.807) is 19.2 Å². The molecular weight excluding hydrogens is 463 g/mol. The Bertz CT molecular complexity index is 1030. The Morgan fingerprint density at radius 1 is 1.26 bits per heavy atom. The Morgan fingerprint density at radius 2 is 2.09 bits per heavy atom. The number of alkyl halides is 2. The van der Waals surface area contributed by atoms with Crippen molar-refractivity contribution in [3.63, 3.8) is 0 Å². The van der Waals surface area contributed by atoms with Gasteiger partial charge in [0.1, 0.15) is 11.9 Å². The van der Waals surface area contributed by atoms with Crippen LogP contribution >= 0.6 is 0 Å². The number of carbonyl (C=O) groups is 2. The first kappa shape index (κ1) is 24.9. The number of hydrazine groups is 1. The predicted octanol–water partition coefficient (Wildman–Crippen LogP) is 3.30. The number of amides is 1. The van der Waals surface area contributed by atoms with E-state index in [1.807, 2.05) is 23.1 Å². The molecule has 0 radical (unpaired) electrons. The number of aromatic nitrogens is 1. The highest BCUT2D eigenvalue weighted by Gasteiger charge is 2.34. The minimum absolute atomic E-state index is 0.000735. The van der Waals surface area contributed by atoms with E-state index in [0.29, 0.717) is 49.7 Å². The summed E-state index contributed by atoms with van der Waals surface area (Å²) < 4.78 is 45.3. The topological polar surface area (TPSA) is 78.0 Å². The van der Waals surface area contributed by atoms with Crippen LogP contribution in [0.3, 0.4) is 0 Å². The third kappa shape index (κ3) is 6.09. The van der Waals surface area contributed by atoms with Gasteiger partial charge in [-0.05, 0) is 43.2 Å². The molecule has 1 amide bonds. The van der Waals surface area contributed by atoms with Gasteiger partial charge in [0, 0.05) is 38.8 Å². The van der Waals surface area contributed by atoms with Crippen LogP contribution in [-0.2, 0) is 16.1 Å². The first-order chi connectivity index (χ1) is 16.8. The minimum Gasteiger partial charge on any atom is -0.444 e. The molecule has 2 aliphatic rings. The monoisotopic (exact) mass is 491 g/mol. The largest absolute Gasteiger partial charge is 0.444 e. The molecule has 35 heavy (non-hydrogen) atoms. The molecule has 0 saturated carbocycles. The van der Waals surface area contributed by atoms with Crippen LogP contribution in [0, 0.1) is 12.7 Å². The zero-order valence-electron chi connectivity index (χ0n) is 19.4. The molecule has 0 aliphatic carbocycles. The van der Waals surface area contributed by atoms with Gasteiger partial charge in [0.05, 0.1) is 30.2 Å². The number of hydrogen-bond acceptors (Lipinski definition) is 7. The Kier molecular flexibility index (Phi) is 7.86. The van der Waals surface area contributed by atoms with Gasteiger partial charge in [-0.1, -0.05) is 6.07 Å². The van der Waals surface area contributed by atoms with Crippen molar-refractivity contribution in [1.29, 1.82) is 0 Å². The highest BCUT2D eigenvalue weighted by Crippen LogP contribution is 2.32. The van der Waals surface area contributed by atoms with E-state index >= 15 is 4.39 Å². The number of cyclic esters (lactones) is 1. The van der Waals surface area contributed by atoms with Crippen LogP contribution in [0.25, 0.3) is 0 Å². The molecule has 2 fully saturated rings. The van der Waals surface area contributed by atoms with Crippen molar-refractivity contribution in [3.05, 3.63) is 53.6 Å². The molecule has 1 N–H and O–H groups in total. The van der Waals surface area contributed by atoms with Crippen molar-refractivity contribution in [2.24, 2.45) is 0 Å². The highest BCUT2D eigenvalue weighted by molar-refractivity contribution is 5.90. The maximum atomic E-state index is 15.3. The Labute approximate surface area is 201 Å². The van der Waals surface area contributed by atoms with Gasteiger partial charge in [-0.15, -0.1) is 0 Å². The molecule has 2 aliphatic heterocycles. The summed E-state index contributed by atoms with van der Waals surface area (Å²) in [6.45, 7) is 4.98. The molecule has 0 unspecified atom stereocenters. The van der Waals surface area contributed by atoms with Gasteiger partial charge in [0.2, 0.25) is 0 Å². The van der Waals surface area contributed by atoms with Crippen LogP contribution in [0.2, 0.25) is 0 Å². The van der Waals surface area contributed by atoms with Gasteiger partial charge in [0.25, 0.3) is 6.43 Å². The lowest BCUT2D eigenvalue weighted by atomic mass is 10.1. The number of halogens is 3. The first-order valence-corrected chi connectivity index (χ1v) is 11.5. The summed E-state index contributed by atoms with van der Waals surface area (Å²) in [4.78, 5) is 31.1. The van der Waals surface area contributed by atoms with Crippen LogP contribution in [0.5, 0.6) is 0 Å². The number of ether oxygens (including phenoxy) is 1. The van der Waals surface area contributed by atoms with Crippen molar-refractivity contribution in [2.45, 2.75) is 38.8 Å².